The standard InChI is InChI=1S/C11H12Cl2O2S/c1-2-15-5-6-16-11(14)9-4-3-8(12)7-10(9)13/h3-4,7H,2,5-6H2,1H3. The Labute approximate surface area is 109 Å². The minimum atomic E-state index is -0.0543. The van der Waals surface area contributed by atoms with Gasteiger partial charge in [0.05, 0.1) is 11.6 Å². The Hall–Kier alpha value is -0.220. The second-order valence-corrected chi connectivity index (χ2v) is 4.87. The van der Waals surface area contributed by atoms with Crippen molar-refractivity contribution >= 4 is 40.1 Å². The van der Waals surface area contributed by atoms with E-state index in [0.29, 0.717) is 34.6 Å². The number of hydrogen-bond acceptors (Lipinski definition) is 3. The van der Waals surface area contributed by atoms with E-state index in [1.807, 2.05) is 6.92 Å². The normalized spacial score (nSPS) is 10.4. The van der Waals surface area contributed by atoms with E-state index in [1.165, 1.54) is 11.8 Å². The van der Waals surface area contributed by atoms with E-state index in [-0.39, 0.29) is 5.12 Å². The molecule has 0 spiro atoms. The lowest BCUT2D eigenvalue weighted by molar-refractivity contribution is 0.108. The van der Waals surface area contributed by atoms with Crippen molar-refractivity contribution in [2.75, 3.05) is 19.0 Å². The van der Waals surface area contributed by atoms with Crippen molar-refractivity contribution in [3.8, 4) is 0 Å². The molecule has 2 nitrogen and oxygen atoms in total. The minimum Gasteiger partial charge on any atom is -0.381 e. The van der Waals surface area contributed by atoms with Gasteiger partial charge in [-0.1, -0.05) is 35.0 Å². The van der Waals surface area contributed by atoms with Gasteiger partial charge in [-0.05, 0) is 25.1 Å². The molecule has 88 valence electrons. The van der Waals surface area contributed by atoms with Gasteiger partial charge in [-0.3, -0.25) is 4.79 Å². The Morgan fingerprint density at radius 1 is 1.44 bits per heavy atom. The van der Waals surface area contributed by atoms with E-state index in [2.05, 4.69) is 0 Å². The molecular weight excluding hydrogens is 267 g/mol. The summed E-state index contributed by atoms with van der Waals surface area (Å²) in [7, 11) is 0. The first-order valence-corrected chi connectivity index (χ1v) is 6.59. The van der Waals surface area contributed by atoms with Crippen LogP contribution >= 0.6 is 35.0 Å². The zero-order valence-corrected chi connectivity index (χ0v) is 11.2. The summed E-state index contributed by atoms with van der Waals surface area (Å²) in [6, 6.07) is 4.86. The monoisotopic (exact) mass is 278 g/mol. The van der Waals surface area contributed by atoms with Gasteiger partial charge in [-0.25, -0.2) is 0 Å². The number of hydrogen-bond donors (Lipinski definition) is 0. The first kappa shape index (κ1) is 13.8. The highest BCUT2D eigenvalue weighted by molar-refractivity contribution is 8.14. The lowest BCUT2D eigenvalue weighted by Crippen LogP contribution is -2.01. The largest absolute Gasteiger partial charge is 0.381 e. The van der Waals surface area contributed by atoms with Crippen LogP contribution in [0.5, 0.6) is 0 Å². The van der Waals surface area contributed by atoms with Crippen LogP contribution in [0.3, 0.4) is 0 Å². The number of thioether (sulfide) groups is 1. The van der Waals surface area contributed by atoms with E-state index in [9.17, 15) is 4.79 Å². The lowest BCUT2D eigenvalue weighted by Gasteiger charge is -2.03. The highest BCUT2D eigenvalue weighted by atomic mass is 35.5. The van der Waals surface area contributed by atoms with Gasteiger partial charge in [-0.2, -0.15) is 0 Å². The maximum atomic E-state index is 11.7. The van der Waals surface area contributed by atoms with Crippen molar-refractivity contribution in [3.05, 3.63) is 33.8 Å². The van der Waals surface area contributed by atoms with E-state index < -0.39 is 0 Å². The fourth-order valence-corrected chi connectivity index (χ4v) is 2.34. The highest BCUT2D eigenvalue weighted by Crippen LogP contribution is 2.24. The Bertz CT molecular complexity index is 369. The molecule has 0 aliphatic heterocycles. The van der Waals surface area contributed by atoms with Crippen LogP contribution in [0.25, 0.3) is 0 Å². The third-order valence-electron chi connectivity index (χ3n) is 1.82. The summed E-state index contributed by atoms with van der Waals surface area (Å²) in [6.45, 7) is 3.15. The Morgan fingerprint density at radius 2 is 2.19 bits per heavy atom. The molecule has 0 aliphatic carbocycles. The van der Waals surface area contributed by atoms with Gasteiger partial charge in [-0.15, -0.1) is 0 Å². The molecule has 1 rings (SSSR count). The first-order chi connectivity index (χ1) is 7.65. The second kappa shape index (κ2) is 7.17. The van der Waals surface area contributed by atoms with Gasteiger partial charge < -0.3 is 4.74 Å². The van der Waals surface area contributed by atoms with Crippen LogP contribution in [0.1, 0.15) is 17.3 Å². The van der Waals surface area contributed by atoms with Crippen LogP contribution in [0.15, 0.2) is 18.2 Å². The molecule has 0 unspecified atom stereocenters. The molecule has 0 amide bonds. The summed E-state index contributed by atoms with van der Waals surface area (Å²) in [5.41, 5.74) is 0.493. The molecule has 0 radical (unpaired) electrons. The fraction of sp³-hybridized carbons (Fsp3) is 0.364. The van der Waals surface area contributed by atoms with E-state index in [1.54, 1.807) is 18.2 Å². The Kier molecular flexibility index (Phi) is 6.21. The quantitative estimate of drug-likeness (QED) is 0.764. The number of rotatable bonds is 5. The molecule has 0 heterocycles. The van der Waals surface area contributed by atoms with Crippen molar-refractivity contribution < 1.29 is 9.53 Å². The zero-order chi connectivity index (χ0) is 12.0. The molecule has 0 N–H and O–H groups in total. The number of carbonyl (C=O) groups excluding carboxylic acids is 1. The summed E-state index contributed by atoms with van der Waals surface area (Å²) in [5, 5.41) is 0.864. The minimum absolute atomic E-state index is 0.0543. The number of ether oxygens (including phenoxy) is 1. The molecule has 1 aromatic rings. The van der Waals surface area contributed by atoms with Crippen LogP contribution in [0, 0.1) is 0 Å². The van der Waals surface area contributed by atoms with Crippen LogP contribution in [0.2, 0.25) is 10.0 Å². The van der Waals surface area contributed by atoms with Crippen LogP contribution in [-0.2, 0) is 4.74 Å². The maximum absolute atomic E-state index is 11.7. The summed E-state index contributed by atoms with van der Waals surface area (Å²) >= 11 is 12.9. The van der Waals surface area contributed by atoms with Gasteiger partial charge in [0, 0.05) is 22.9 Å². The molecule has 0 aliphatic rings. The Balaban J connectivity index is 2.53. The summed E-state index contributed by atoms with van der Waals surface area (Å²) < 4.78 is 5.14. The summed E-state index contributed by atoms with van der Waals surface area (Å²) in [4.78, 5) is 11.7. The van der Waals surface area contributed by atoms with Gasteiger partial charge in [0.15, 0.2) is 0 Å². The van der Waals surface area contributed by atoms with Gasteiger partial charge in [0.1, 0.15) is 0 Å². The zero-order valence-electron chi connectivity index (χ0n) is 8.83. The van der Waals surface area contributed by atoms with Crippen LogP contribution < -0.4 is 0 Å². The van der Waals surface area contributed by atoms with Crippen molar-refractivity contribution in [1.82, 2.24) is 0 Å². The summed E-state index contributed by atoms with van der Waals surface area (Å²) in [6.07, 6.45) is 0. The predicted octanol–water partition coefficient (Wildman–Crippen LogP) is 3.90. The Morgan fingerprint density at radius 3 is 2.81 bits per heavy atom. The molecule has 1 aromatic carbocycles. The topological polar surface area (TPSA) is 26.3 Å². The first-order valence-electron chi connectivity index (χ1n) is 4.85. The molecule has 0 saturated heterocycles. The number of carbonyl (C=O) groups is 1. The van der Waals surface area contributed by atoms with Gasteiger partial charge >= 0.3 is 0 Å². The van der Waals surface area contributed by atoms with E-state index in [0.717, 1.165) is 0 Å². The fourth-order valence-electron chi connectivity index (χ4n) is 1.07. The molecule has 0 bridgehead atoms. The molecular formula is C11H12Cl2O2S. The number of benzene rings is 1. The van der Waals surface area contributed by atoms with Crippen molar-refractivity contribution in [2.24, 2.45) is 0 Å². The molecule has 16 heavy (non-hydrogen) atoms. The molecule has 0 saturated carbocycles. The maximum Gasteiger partial charge on any atom is 0.220 e. The average Bonchev–Trinajstić information content (AvgIpc) is 2.24. The van der Waals surface area contributed by atoms with Crippen LogP contribution in [0.4, 0.5) is 0 Å². The third-order valence-corrected chi connectivity index (χ3v) is 3.22. The summed E-state index contributed by atoms with van der Waals surface area (Å²) in [5.74, 6) is 0.631. The number of halogens is 2. The lowest BCUT2D eigenvalue weighted by atomic mass is 10.2. The molecule has 0 fully saturated rings. The SMILES string of the molecule is CCOCCSC(=O)c1ccc(Cl)cc1Cl. The van der Waals surface area contributed by atoms with Gasteiger partial charge in [0.25, 0.3) is 0 Å². The third kappa shape index (κ3) is 4.34. The predicted molar refractivity (Wildman–Crippen MR) is 69.7 cm³/mol. The van der Waals surface area contributed by atoms with Gasteiger partial charge in [0.2, 0.25) is 5.12 Å². The molecule has 0 atom stereocenters. The smallest absolute Gasteiger partial charge is 0.220 e. The average molecular weight is 279 g/mol. The highest BCUT2D eigenvalue weighted by Gasteiger charge is 2.10. The second-order valence-electron chi connectivity index (χ2n) is 2.96. The van der Waals surface area contributed by atoms with Crippen molar-refractivity contribution in [2.45, 2.75) is 6.92 Å². The van der Waals surface area contributed by atoms with E-state index in [4.69, 9.17) is 27.9 Å². The van der Waals surface area contributed by atoms with Crippen LogP contribution in [-0.4, -0.2) is 24.1 Å². The van der Waals surface area contributed by atoms with E-state index >= 15 is 0 Å². The van der Waals surface area contributed by atoms with Crippen molar-refractivity contribution in [3.63, 3.8) is 0 Å². The van der Waals surface area contributed by atoms with Crippen molar-refractivity contribution in [1.29, 1.82) is 0 Å². The molecule has 0 aromatic heterocycles. The molecule has 5 heteroatoms.